The molecule has 1 fully saturated rings. The number of fused-ring (bicyclic) bond motifs is 3. The van der Waals surface area contributed by atoms with Gasteiger partial charge in [0.2, 0.25) is 5.91 Å². The van der Waals surface area contributed by atoms with E-state index in [9.17, 15) is 9.59 Å². The first-order chi connectivity index (χ1) is 15.6. The highest BCUT2D eigenvalue weighted by molar-refractivity contribution is 6.07. The Hall–Kier alpha value is -2.67. The van der Waals surface area contributed by atoms with E-state index in [4.69, 9.17) is 0 Å². The summed E-state index contributed by atoms with van der Waals surface area (Å²) in [6.07, 6.45) is 8.65. The highest BCUT2D eigenvalue weighted by Crippen LogP contribution is 2.26. The van der Waals surface area contributed by atoms with Gasteiger partial charge in [-0.05, 0) is 44.7 Å². The van der Waals surface area contributed by atoms with Gasteiger partial charge in [0.15, 0.2) is 0 Å². The van der Waals surface area contributed by atoms with E-state index in [1.807, 2.05) is 24.3 Å². The van der Waals surface area contributed by atoms with Crippen molar-refractivity contribution in [2.24, 2.45) is 0 Å². The topological polar surface area (TPSA) is 72.2 Å². The SMILES string of the molecule is CCCn1c2ccccc2c2cnn(CC(=O)NCCCN3CCCC[C@@H]3CC)c(=O)c21. The number of carbonyl (C=O) groups is 1. The number of nitrogens with one attached hydrogen (secondary N) is 1. The maximum absolute atomic E-state index is 13.2. The first-order valence-electron chi connectivity index (χ1n) is 12.1. The average molecular weight is 438 g/mol. The van der Waals surface area contributed by atoms with Crippen LogP contribution in [0.5, 0.6) is 0 Å². The van der Waals surface area contributed by atoms with Crippen molar-refractivity contribution in [3.05, 3.63) is 40.8 Å². The van der Waals surface area contributed by atoms with Crippen molar-refractivity contribution >= 4 is 27.7 Å². The summed E-state index contributed by atoms with van der Waals surface area (Å²) in [6.45, 7) is 7.86. The lowest BCUT2D eigenvalue weighted by Crippen LogP contribution is -2.41. The first kappa shape index (κ1) is 22.5. The molecule has 2 aromatic heterocycles. The minimum absolute atomic E-state index is 0.0519. The molecular weight excluding hydrogens is 402 g/mol. The van der Waals surface area contributed by atoms with Crippen LogP contribution in [0.2, 0.25) is 0 Å². The fraction of sp³-hybridized carbons (Fsp3) is 0.560. The number of nitrogens with zero attached hydrogens (tertiary/aromatic N) is 4. The Morgan fingerprint density at radius 2 is 2.00 bits per heavy atom. The van der Waals surface area contributed by atoms with Crippen LogP contribution in [0.3, 0.4) is 0 Å². The fourth-order valence-corrected chi connectivity index (χ4v) is 5.08. The third-order valence-corrected chi connectivity index (χ3v) is 6.68. The van der Waals surface area contributed by atoms with Crippen LogP contribution in [0.4, 0.5) is 0 Å². The molecule has 0 spiro atoms. The summed E-state index contributed by atoms with van der Waals surface area (Å²) < 4.78 is 3.35. The number of rotatable bonds is 9. The number of benzene rings is 1. The Morgan fingerprint density at radius 3 is 2.81 bits per heavy atom. The van der Waals surface area contributed by atoms with Gasteiger partial charge in [0.25, 0.3) is 5.56 Å². The summed E-state index contributed by atoms with van der Waals surface area (Å²) in [5.41, 5.74) is 1.46. The van der Waals surface area contributed by atoms with Crippen molar-refractivity contribution < 1.29 is 4.79 Å². The van der Waals surface area contributed by atoms with E-state index in [2.05, 4.69) is 33.7 Å². The molecule has 7 nitrogen and oxygen atoms in total. The number of likely N-dealkylation sites (tertiary alicyclic amines) is 1. The monoisotopic (exact) mass is 437 g/mol. The molecule has 3 aromatic rings. The maximum atomic E-state index is 13.2. The summed E-state index contributed by atoms with van der Waals surface area (Å²) in [6, 6.07) is 8.70. The van der Waals surface area contributed by atoms with Crippen molar-refractivity contribution in [3.8, 4) is 0 Å². The van der Waals surface area contributed by atoms with Crippen LogP contribution in [0.25, 0.3) is 21.8 Å². The van der Waals surface area contributed by atoms with Crippen molar-refractivity contribution in [1.82, 2.24) is 24.6 Å². The predicted molar refractivity (Wildman–Crippen MR) is 129 cm³/mol. The summed E-state index contributed by atoms with van der Waals surface area (Å²) in [7, 11) is 0. The molecule has 1 saturated heterocycles. The molecule has 0 radical (unpaired) electrons. The van der Waals surface area contributed by atoms with Gasteiger partial charge >= 0.3 is 0 Å². The van der Waals surface area contributed by atoms with Gasteiger partial charge in [0.05, 0.1) is 6.20 Å². The smallest absolute Gasteiger partial charge is 0.291 e. The Morgan fingerprint density at radius 1 is 1.16 bits per heavy atom. The molecule has 4 rings (SSSR count). The molecule has 0 aliphatic carbocycles. The normalized spacial score (nSPS) is 17.2. The lowest BCUT2D eigenvalue weighted by molar-refractivity contribution is -0.121. The van der Waals surface area contributed by atoms with Gasteiger partial charge in [-0.2, -0.15) is 5.10 Å². The van der Waals surface area contributed by atoms with E-state index in [0.29, 0.717) is 18.1 Å². The van der Waals surface area contributed by atoms with Gasteiger partial charge in [-0.1, -0.05) is 38.5 Å². The van der Waals surface area contributed by atoms with Gasteiger partial charge in [-0.25, -0.2) is 4.68 Å². The number of hydrogen-bond acceptors (Lipinski definition) is 4. The quantitative estimate of drug-likeness (QED) is 0.520. The summed E-state index contributed by atoms with van der Waals surface area (Å²) in [5.74, 6) is -0.164. The maximum Gasteiger partial charge on any atom is 0.291 e. The predicted octanol–water partition coefficient (Wildman–Crippen LogP) is 3.53. The number of carbonyl (C=O) groups excluding carboxylic acids is 1. The van der Waals surface area contributed by atoms with Gasteiger partial charge in [-0.3, -0.25) is 9.59 Å². The van der Waals surface area contributed by atoms with Gasteiger partial charge in [0.1, 0.15) is 12.1 Å². The molecule has 0 saturated carbocycles. The van der Waals surface area contributed by atoms with Gasteiger partial charge < -0.3 is 14.8 Å². The zero-order valence-corrected chi connectivity index (χ0v) is 19.3. The van der Waals surface area contributed by atoms with Crippen LogP contribution >= 0.6 is 0 Å². The number of aryl methyl sites for hydroxylation is 1. The number of para-hydroxylation sites is 1. The van der Waals surface area contributed by atoms with E-state index < -0.39 is 0 Å². The molecule has 3 heterocycles. The average Bonchev–Trinajstić information content (AvgIpc) is 3.13. The first-order valence-corrected chi connectivity index (χ1v) is 12.1. The Kier molecular flexibility index (Phi) is 7.25. The highest BCUT2D eigenvalue weighted by Gasteiger charge is 2.20. The second-order valence-corrected chi connectivity index (χ2v) is 8.84. The molecule has 0 bridgehead atoms. The third-order valence-electron chi connectivity index (χ3n) is 6.68. The van der Waals surface area contributed by atoms with Gasteiger partial charge in [0, 0.05) is 42.0 Å². The molecule has 1 amide bonds. The lowest BCUT2D eigenvalue weighted by atomic mass is 10.00. The molecule has 1 N–H and O–H groups in total. The summed E-state index contributed by atoms with van der Waals surface area (Å²) in [4.78, 5) is 28.3. The van der Waals surface area contributed by atoms with Crippen molar-refractivity contribution in [3.63, 3.8) is 0 Å². The molecule has 1 aliphatic rings. The number of amides is 1. The molecule has 1 atom stereocenters. The zero-order chi connectivity index (χ0) is 22.5. The Balaban J connectivity index is 1.42. The lowest BCUT2D eigenvalue weighted by Gasteiger charge is -2.35. The number of piperidine rings is 1. The van der Waals surface area contributed by atoms with Crippen LogP contribution in [0, 0.1) is 0 Å². The molecule has 1 aromatic carbocycles. The van der Waals surface area contributed by atoms with E-state index in [1.54, 1.807) is 6.20 Å². The number of aromatic nitrogens is 3. The van der Waals surface area contributed by atoms with Gasteiger partial charge in [-0.15, -0.1) is 0 Å². The fourth-order valence-electron chi connectivity index (χ4n) is 5.08. The van der Waals surface area contributed by atoms with E-state index in [-0.39, 0.29) is 18.0 Å². The summed E-state index contributed by atoms with van der Waals surface area (Å²) in [5, 5.41) is 9.17. The van der Waals surface area contributed by atoms with E-state index >= 15 is 0 Å². The molecule has 7 heteroatoms. The van der Waals surface area contributed by atoms with Crippen molar-refractivity contribution in [2.45, 2.75) is 71.5 Å². The van der Waals surface area contributed by atoms with E-state index in [1.165, 1.54) is 30.4 Å². The van der Waals surface area contributed by atoms with Crippen LogP contribution in [-0.2, 0) is 17.9 Å². The van der Waals surface area contributed by atoms with Crippen molar-refractivity contribution in [2.75, 3.05) is 19.6 Å². The van der Waals surface area contributed by atoms with Crippen molar-refractivity contribution in [1.29, 1.82) is 0 Å². The zero-order valence-electron chi connectivity index (χ0n) is 19.3. The molecule has 32 heavy (non-hydrogen) atoms. The number of hydrogen-bond donors (Lipinski definition) is 1. The summed E-state index contributed by atoms with van der Waals surface area (Å²) >= 11 is 0. The largest absolute Gasteiger partial charge is 0.354 e. The van der Waals surface area contributed by atoms with Crippen LogP contribution in [0.15, 0.2) is 35.3 Å². The molecule has 1 aliphatic heterocycles. The van der Waals surface area contributed by atoms with Crippen LogP contribution in [0.1, 0.15) is 52.4 Å². The van der Waals surface area contributed by atoms with E-state index in [0.717, 1.165) is 48.8 Å². The molecule has 0 unspecified atom stereocenters. The minimum Gasteiger partial charge on any atom is -0.354 e. The third kappa shape index (κ3) is 4.58. The second-order valence-electron chi connectivity index (χ2n) is 8.84. The standard InChI is InChI=1S/C25H35N5O2/c1-3-14-29-22-12-6-5-11-20(22)21-17-27-30(25(32)24(21)29)18-23(31)26-13-9-16-28-15-8-7-10-19(28)4-2/h5-6,11-12,17,19H,3-4,7-10,13-16,18H2,1-2H3,(H,26,31)/t19-/m0/s1. The highest BCUT2D eigenvalue weighted by atomic mass is 16.2. The Labute approximate surface area is 189 Å². The molecular formula is C25H35N5O2. The molecule has 172 valence electrons. The van der Waals surface area contributed by atoms with Crippen LogP contribution < -0.4 is 10.9 Å². The van der Waals surface area contributed by atoms with Crippen LogP contribution in [-0.4, -0.2) is 50.8 Å². The minimum atomic E-state index is -0.207. The Bertz CT molecular complexity index is 1130. The second kappa shape index (κ2) is 10.3.